The maximum absolute atomic E-state index is 12.9. The van der Waals surface area contributed by atoms with Gasteiger partial charge in [-0.3, -0.25) is 4.79 Å². The fourth-order valence-electron chi connectivity index (χ4n) is 6.90. The summed E-state index contributed by atoms with van der Waals surface area (Å²) in [5.74, 6) is -0.265. The first-order chi connectivity index (χ1) is 25.3. The van der Waals surface area contributed by atoms with E-state index in [0.29, 0.717) is 12.8 Å². The average Bonchev–Trinajstić information content (AvgIpc) is 3.14. The molecule has 8 atom stereocenters. The zero-order valence-corrected chi connectivity index (χ0v) is 33.2. The summed E-state index contributed by atoms with van der Waals surface area (Å²) in [4.78, 5) is 12.9. The molecule has 0 radical (unpaired) electrons. The molecule has 0 aromatic carbocycles. The molecule has 1 aliphatic rings. The van der Waals surface area contributed by atoms with Crippen molar-refractivity contribution in [3.8, 4) is 0 Å². The molecule has 1 rings (SSSR count). The lowest BCUT2D eigenvalue weighted by atomic mass is 9.98. The van der Waals surface area contributed by atoms with Crippen LogP contribution in [0.2, 0.25) is 0 Å². The summed E-state index contributed by atoms with van der Waals surface area (Å²) in [7, 11) is 0. The van der Waals surface area contributed by atoms with Crippen molar-refractivity contribution in [2.24, 2.45) is 0 Å². The van der Waals surface area contributed by atoms with Crippen molar-refractivity contribution >= 4 is 5.91 Å². The maximum Gasteiger partial charge on any atom is 0.220 e. The van der Waals surface area contributed by atoms with Crippen LogP contribution in [0.15, 0.2) is 12.2 Å². The minimum Gasteiger partial charge on any atom is -0.394 e. The predicted molar refractivity (Wildman–Crippen MR) is 209 cm³/mol. The van der Waals surface area contributed by atoms with Crippen LogP contribution < -0.4 is 5.32 Å². The number of carbonyl (C=O) groups is 1. The zero-order chi connectivity index (χ0) is 38.2. The van der Waals surface area contributed by atoms with Crippen molar-refractivity contribution in [2.75, 3.05) is 13.2 Å². The molecule has 0 aromatic heterocycles. The third-order valence-electron chi connectivity index (χ3n) is 10.5. The Morgan fingerprint density at radius 2 is 1.12 bits per heavy atom. The molecular weight excluding hydrogens is 662 g/mol. The molecule has 1 fully saturated rings. The van der Waals surface area contributed by atoms with Gasteiger partial charge in [0.1, 0.15) is 30.5 Å². The van der Waals surface area contributed by atoms with Crippen molar-refractivity contribution in [3.63, 3.8) is 0 Å². The summed E-state index contributed by atoms with van der Waals surface area (Å²) >= 11 is 0. The lowest BCUT2D eigenvalue weighted by molar-refractivity contribution is -0.303. The molecule has 1 saturated heterocycles. The molecule has 1 aliphatic heterocycles. The highest BCUT2D eigenvalue weighted by Gasteiger charge is 2.44. The number of nitrogens with one attached hydrogen (secondary N) is 1. The Kier molecular flexibility index (Phi) is 31.3. The van der Waals surface area contributed by atoms with Gasteiger partial charge in [0.15, 0.2) is 6.29 Å². The second-order valence-corrected chi connectivity index (χ2v) is 15.3. The van der Waals surface area contributed by atoms with E-state index in [1.54, 1.807) is 0 Å². The van der Waals surface area contributed by atoms with Gasteiger partial charge in [-0.2, -0.15) is 0 Å². The molecule has 0 aromatic rings. The number of hydrogen-bond acceptors (Lipinski definition) is 9. The van der Waals surface area contributed by atoms with E-state index in [4.69, 9.17) is 9.47 Å². The highest BCUT2D eigenvalue weighted by Crippen LogP contribution is 2.23. The number of aliphatic hydroxyl groups is 6. The molecule has 1 heterocycles. The first-order valence-electron chi connectivity index (χ1n) is 21.5. The molecule has 0 aliphatic carbocycles. The summed E-state index contributed by atoms with van der Waals surface area (Å²) in [6.07, 6.45) is 25.0. The summed E-state index contributed by atoms with van der Waals surface area (Å²) in [6.45, 7) is 3.57. The molecule has 7 N–H and O–H groups in total. The fourth-order valence-corrected chi connectivity index (χ4v) is 6.90. The SMILES string of the molecule is CCCCCCC/C=C/CCCCCCCCC(=O)NC(CO[C@@H]1O[C@H](CO)[C@H](O)[C@H](O)[C@H]1O)C(O)C(O)CCCCCCCCCCCCCC. The van der Waals surface area contributed by atoms with Crippen LogP contribution in [-0.2, 0) is 14.3 Å². The largest absolute Gasteiger partial charge is 0.394 e. The van der Waals surface area contributed by atoms with Gasteiger partial charge in [-0.25, -0.2) is 0 Å². The minimum atomic E-state index is -1.60. The average molecular weight is 744 g/mol. The summed E-state index contributed by atoms with van der Waals surface area (Å²) in [5.41, 5.74) is 0. The van der Waals surface area contributed by atoms with Gasteiger partial charge >= 0.3 is 0 Å². The third-order valence-corrected chi connectivity index (χ3v) is 10.5. The third kappa shape index (κ3) is 23.6. The Labute approximate surface area is 317 Å². The number of carbonyl (C=O) groups excluding carboxylic acids is 1. The molecular formula is C42H81NO9. The van der Waals surface area contributed by atoms with Gasteiger partial charge in [-0.1, -0.05) is 154 Å². The van der Waals surface area contributed by atoms with E-state index in [1.165, 1.54) is 103 Å². The van der Waals surface area contributed by atoms with Crippen LogP contribution in [0.4, 0.5) is 0 Å². The Balaban J connectivity index is 2.44. The molecule has 0 bridgehead atoms. The van der Waals surface area contributed by atoms with Crippen LogP contribution in [0.3, 0.4) is 0 Å². The Bertz CT molecular complexity index is 844. The topological polar surface area (TPSA) is 169 Å². The quantitative estimate of drug-likeness (QED) is 0.0264. The standard InChI is InChI=1S/C42H81NO9/c1-3-5-7-9-11-13-15-17-18-19-21-23-25-27-29-31-37(46)43-34(33-51-42-41(50)40(49)39(48)36(32-44)52-42)38(47)35(45)30-28-26-24-22-20-16-14-12-10-8-6-4-2/h15,17,34-36,38-42,44-45,47-50H,3-14,16,18-33H2,1-2H3,(H,43,46)/b17-15+/t34?,35?,36-,38?,39+,40+,41-,42-/m1/s1. The lowest BCUT2D eigenvalue weighted by Gasteiger charge is -2.40. The molecule has 10 heteroatoms. The smallest absolute Gasteiger partial charge is 0.220 e. The van der Waals surface area contributed by atoms with Crippen molar-refractivity contribution in [1.29, 1.82) is 0 Å². The van der Waals surface area contributed by atoms with Crippen LogP contribution in [0.25, 0.3) is 0 Å². The van der Waals surface area contributed by atoms with Crippen molar-refractivity contribution in [3.05, 3.63) is 12.2 Å². The molecule has 10 nitrogen and oxygen atoms in total. The number of aliphatic hydroxyl groups excluding tert-OH is 6. The maximum atomic E-state index is 12.9. The highest BCUT2D eigenvalue weighted by molar-refractivity contribution is 5.76. The van der Waals surface area contributed by atoms with Crippen molar-refractivity contribution in [2.45, 2.75) is 236 Å². The fraction of sp³-hybridized carbons (Fsp3) is 0.929. The number of amides is 1. The van der Waals surface area contributed by atoms with Gasteiger partial charge in [0.25, 0.3) is 0 Å². The van der Waals surface area contributed by atoms with Crippen LogP contribution in [0.1, 0.15) is 187 Å². The van der Waals surface area contributed by atoms with Gasteiger partial charge in [0.2, 0.25) is 5.91 Å². The highest BCUT2D eigenvalue weighted by atomic mass is 16.7. The zero-order valence-electron chi connectivity index (χ0n) is 33.2. The van der Waals surface area contributed by atoms with Gasteiger partial charge < -0.3 is 45.4 Å². The summed E-state index contributed by atoms with van der Waals surface area (Å²) < 4.78 is 11.1. The van der Waals surface area contributed by atoms with Crippen LogP contribution in [0, 0.1) is 0 Å². The van der Waals surface area contributed by atoms with E-state index in [1.807, 2.05) is 0 Å². The van der Waals surface area contributed by atoms with E-state index in [2.05, 4.69) is 31.3 Å². The molecule has 3 unspecified atom stereocenters. The van der Waals surface area contributed by atoms with Crippen molar-refractivity contribution in [1.82, 2.24) is 5.32 Å². The molecule has 52 heavy (non-hydrogen) atoms. The molecule has 0 spiro atoms. The van der Waals surface area contributed by atoms with Gasteiger partial charge in [0, 0.05) is 6.42 Å². The van der Waals surface area contributed by atoms with Crippen LogP contribution >= 0.6 is 0 Å². The van der Waals surface area contributed by atoms with Crippen LogP contribution in [0.5, 0.6) is 0 Å². The Hall–Kier alpha value is -1.11. The normalized spacial score (nSPS) is 22.5. The second kappa shape index (κ2) is 33.2. The van der Waals surface area contributed by atoms with Gasteiger partial charge in [-0.15, -0.1) is 0 Å². The molecule has 1 amide bonds. The summed E-state index contributed by atoms with van der Waals surface area (Å²) in [5, 5.41) is 65.0. The number of unbranched alkanes of at least 4 members (excludes halogenated alkanes) is 22. The molecule has 0 saturated carbocycles. The van der Waals surface area contributed by atoms with Gasteiger partial charge in [-0.05, 0) is 38.5 Å². The summed E-state index contributed by atoms with van der Waals surface area (Å²) in [6, 6.07) is -0.989. The second-order valence-electron chi connectivity index (χ2n) is 15.3. The molecule has 308 valence electrons. The Morgan fingerprint density at radius 3 is 1.62 bits per heavy atom. The lowest BCUT2D eigenvalue weighted by Crippen LogP contribution is -2.60. The first-order valence-corrected chi connectivity index (χ1v) is 21.5. The number of allylic oxidation sites excluding steroid dienone is 2. The van der Waals surface area contributed by atoms with E-state index in [0.717, 1.165) is 51.4 Å². The monoisotopic (exact) mass is 744 g/mol. The first kappa shape index (κ1) is 48.9. The van der Waals surface area contributed by atoms with E-state index < -0.39 is 55.6 Å². The Morgan fingerprint density at radius 1 is 0.654 bits per heavy atom. The number of hydrogen-bond donors (Lipinski definition) is 7. The van der Waals surface area contributed by atoms with E-state index in [9.17, 15) is 35.4 Å². The van der Waals surface area contributed by atoms with E-state index in [-0.39, 0.29) is 18.9 Å². The number of ether oxygens (including phenoxy) is 2. The van der Waals surface area contributed by atoms with E-state index >= 15 is 0 Å². The predicted octanol–water partition coefficient (Wildman–Crippen LogP) is 7.14. The van der Waals surface area contributed by atoms with Gasteiger partial charge in [0.05, 0.1) is 25.4 Å². The number of rotatable bonds is 35. The van der Waals surface area contributed by atoms with Crippen molar-refractivity contribution < 1.29 is 44.9 Å². The minimum absolute atomic E-state index is 0.265. The van der Waals surface area contributed by atoms with Crippen LogP contribution in [-0.4, -0.2) is 98.7 Å².